The van der Waals surface area contributed by atoms with Crippen molar-refractivity contribution in [2.45, 2.75) is 19.6 Å². The molecule has 0 amide bonds. The van der Waals surface area contributed by atoms with Gasteiger partial charge in [0, 0.05) is 1.37 Å². The molecule has 0 radical (unpaired) electrons. The molecule has 1 rings (SSSR count). The second kappa shape index (κ2) is 2.28. The van der Waals surface area contributed by atoms with Crippen LogP contribution in [-0.2, 0) is 9.47 Å². The Morgan fingerprint density at radius 1 is 1.71 bits per heavy atom. The highest BCUT2D eigenvalue weighted by Gasteiger charge is 2.11. The van der Waals surface area contributed by atoms with Crippen LogP contribution in [0.3, 0.4) is 0 Å². The monoisotopic (exact) mass is 103 g/mol. The first-order valence-corrected chi connectivity index (χ1v) is 2.46. The minimum atomic E-state index is -0.269. The van der Waals surface area contributed by atoms with Crippen molar-refractivity contribution in [2.75, 3.05) is 13.2 Å². The first kappa shape index (κ1) is 3.87. The van der Waals surface area contributed by atoms with Gasteiger partial charge in [0.2, 0.25) is 0 Å². The quantitative estimate of drug-likeness (QED) is 0.488. The smallest absolute Gasteiger partial charge is 0.157 e. The summed E-state index contributed by atoms with van der Waals surface area (Å²) in [6.07, 6.45) is -0.521. The molecule has 1 saturated heterocycles. The molecule has 0 bridgehead atoms. The van der Waals surface area contributed by atoms with Crippen LogP contribution in [0.2, 0.25) is 0 Å². The zero-order valence-corrected chi connectivity index (χ0v) is 4.39. The van der Waals surface area contributed by atoms with Crippen molar-refractivity contribution < 1.29 is 10.8 Å². The average molecular weight is 103 g/mol. The van der Waals surface area contributed by atoms with E-state index in [9.17, 15) is 0 Å². The van der Waals surface area contributed by atoms with Crippen LogP contribution in [0.1, 0.15) is 14.7 Å². The lowest BCUT2D eigenvalue weighted by atomic mass is 10.5. The Hall–Kier alpha value is -0.0800. The molecule has 0 aromatic carbocycles. The fourth-order valence-electron chi connectivity index (χ4n) is 0.569. The van der Waals surface area contributed by atoms with Gasteiger partial charge in [0.25, 0.3) is 0 Å². The molecule has 0 aromatic rings. The Morgan fingerprint density at radius 3 is 2.57 bits per heavy atom. The topological polar surface area (TPSA) is 18.5 Å². The molecule has 1 fully saturated rings. The fourth-order valence-corrected chi connectivity index (χ4v) is 0.569. The van der Waals surface area contributed by atoms with Crippen molar-refractivity contribution in [2.24, 2.45) is 0 Å². The molecule has 1 aliphatic heterocycles. The van der Waals surface area contributed by atoms with E-state index in [1.807, 2.05) is 0 Å². The van der Waals surface area contributed by atoms with E-state index in [-0.39, 0.29) is 12.7 Å². The summed E-state index contributed by atoms with van der Waals surface area (Å²) in [6.45, 7) is 3.05. The molecular weight excluding hydrogens is 92.1 g/mol. The summed E-state index contributed by atoms with van der Waals surface area (Å²) in [7, 11) is 0. The van der Waals surface area contributed by atoms with E-state index >= 15 is 0 Å². The molecule has 0 aromatic heterocycles. The van der Waals surface area contributed by atoms with Crippen molar-refractivity contribution in [3.8, 4) is 0 Å². The molecular formula is C5H10O2. The minimum absolute atomic E-state index is 0.252. The third-order valence-corrected chi connectivity index (χ3v) is 0.920. The number of rotatable bonds is 1. The van der Waals surface area contributed by atoms with Gasteiger partial charge in [-0.15, -0.1) is 0 Å². The van der Waals surface area contributed by atoms with E-state index in [0.717, 1.165) is 0 Å². The van der Waals surface area contributed by atoms with Crippen molar-refractivity contribution >= 4 is 0 Å². The second-order valence-electron chi connectivity index (χ2n) is 1.44. The normalized spacial score (nSPS) is 30.1. The highest BCUT2D eigenvalue weighted by atomic mass is 16.7. The summed E-state index contributed by atoms with van der Waals surface area (Å²) in [4.78, 5) is 0. The molecule has 1 heterocycles. The molecule has 1 aliphatic rings. The fraction of sp³-hybridized carbons (Fsp3) is 1.00. The first-order chi connectivity index (χ1) is 3.80. The van der Waals surface area contributed by atoms with Crippen LogP contribution in [-0.4, -0.2) is 19.5 Å². The number of hydrogen-bond acceptors (Lipinski definition) is 2. The van der Waals surface area contributed by atoms with Crippen LogP contribution >= 0.6 is 0 Å². The lowest BCUT2D eigenvalue weighted by Crippen LogP contribution is -2.03. The predicted octanol–water partition coefficient (Wildman–Crippen LogP) is 0.769. The van der Waals surface area contributed by atoms with E-state index < -0.39 is 0 Å². The van der Waals surface area contributed by atoms with Crippen LogP contribution in [0.4, 0.5) is 0 Å². The number of ether oxygens (including phenoxy) is 2. The molecule has 7 heavy (non-hydrogen) atoms. The highest BCUT2D eigenvalue weighted by Crippen LogP contribution is 2.05. The van der Waals surface area contributed by atoms with Crippen LogP contribution < -0.4 is 0 Å². The zero-order valence-electron chi connectivity index (χ0n) is 5.39. The van der Waals surface area contributed by atoms with Gasteiger partial charge >= 0.3 is 0 Å². The van der Waals surface area contributed by atoms with Gasteiger partial charge in [-0.1, -0.05) is 6.92 Å². The molecule has 42 valence electrons. The largest absolute Gasteiger partial charge is 0.350 e. The standard InChI is InChI=1S/C5H10O2/c1-2-5-6-3-4-7-5/h5H,2-4H2,1H3/i2D. The summed E-state index contributed by atoms with van der Waals surface area (Å²) >= 11 is 0. The van der Waals surface area contributed by atoms with Crippen molar-refractivity contribution in [3.05, 3.63) is 0 Å². The van der Waals surface area contributed by atoms with Gasteiger partial charge in [-0.05, 0) is 6.40 Å². The summed E-state index contributed by atoms with van der Waals surface area (Å²) in [5, 5.41) is 0. The van der Waals surface area contributed by atoms with Gasteiger partial charge in [-0.2, -0.15) is 0 Å². The molecule has 2 heteroatoms. The van der Waals surface area contributed by atoms with E-state index in [1.165, 1.54) is 0 Å². The van der Waals surface area contributed by atoms with Crippen molar-refractivity contribution in [3.63, 3.8) is 0 Å². The van der Waals surface area contributed by atoms with Crippen LogP contribution in [0.5, 0.6) is 0 Å². The van der Waals surface area contributed by atoms with Crippen LogP contribution in [0.25, 0.3) is 0 Å². The van der Waals surface area contributed by atoms with Crippen molar-refractivity contribution in [1.82, 2.24) is 0 Å². The predicted molar refractivity (Wildman–Crippen MR) is 26.0 cm³/mol. The maximum Gasteiger partial charge on any atom is 0.157 e. The minimum Gasteiger partial charge on any atom is -0.350 e. The maximum absolute atomic E-state index is 7.12. The summed E-state index contributed by atoms with van der Waals surface area (Å²) in [5.74, 6) is 0. The van der Waals surface area contributed by atoms with E-state index in [4.69, 9.17) is 10.8 Å². The van der Waals surface area contributed by atoms with Gasteiger partial charge in [0.15, 0.2) is 6.29 Å². The lowest BCUT2D eigenvalue weighted by molar-refractivity contribution is -0.0430. The third-order valence-electron chi connectivity index (χ3n) is 0.920. The SMILES string of the molecule is [2H]C(C)C1OCCO1. The number of hydrogen-bond donors (Lipinski definition) is 0. The maximum atomic E-state index is 7.12. The first-order valence-electron chi connectivity index (χ1n) is 3.04. The lowest BCUT2D eigenvalue weighted by Gasteiger charge is -2.01. The highest BCUT2D eigenvalue weighted by molar-refractivity contribution is 4.46. The Balaban J connectivity index is 2.24. The van der Waals surface area contributed by atoms with E-state index in [2.05, 4.69) is 0 Å². The zero-order chi connectivity index (χ0) is 5.98. The van der Waals surface area contributed by atoms with E-state index in [1.54, 1.807) is 6.92 Å². The molecule has 0 N–H and O–H groups in total. The molecule has 1 atom stereocenters. The summed E-state index contributed by atoms with van der Waals surface area (Å²) in [5.41, 5.74) is 0. The van der Waals surface area contributed by atoms with E-state index in [0.29, 0.717) is 13.2 Å². The molecule has 0 saturated carbocycles. The van der Waals surface area contributed by atoms with Gasteiger partial charge in [0.1, 0.15) is 0 Å². The van der Waals surface area contributed by atoms with Gasteiger partial charge in [-0.3, -0.25) is 0 Å². The molecule has 0 aliphatic carbocycles. The molecule has 1 unspecified atom stereocenters. The Labute approximate surface area is 44.8 Å². The van der Waals surface area contributed by atoms with Crippen LogP contribution in [0.15, 0.2) is 0 Å². The molecule has 2 nitrogen and oxygen atoms in total. The summed E-state index contributed by atoms with van der Waals surface area (Å²) < 4.78 is 17.1. The van der Waals surface area contributed by atoms with Gasteiger partial charge in [-0.25, -0.2) is 0 Å². The Bertz CT molecular complexity index is 68.8. The Morgan fingerprint density at radius 2 is 2.29 bits per heavy atom. The third kappa shape index (κ3) is 1.14. The Kier molecular flexibility index (Phi) is 1.26. The molecule has 0 spiro atoms. The second-order valence-corrected chi connectivity index (χ2v) is 1.44. The average Bonchev–Trinajstić information content (AvgIpc) is 2.12. The van der Waals surface area contributed by atoms with Gasteiger partial charge in [0.05, 0.1) is 13.2 Å². The van der Waals surface area contributed by atoms with Crippen LogP contribution in [0, 0.1) is 0 Å². The summed E-state index contributed by atoms with van der Waals surface area (Å²) in [6, 6.07) is 0. The van der Waals surface area contributed by atoms with Gasteiger partial charge < -0.3 is 9.47 Å². The van der Waals surface area contributed by atoms with Crippen molar-refractivity contribution in [1.29, 1.82) is 0 Å².